The van der Waals surface area contributed by atoms with E-state index in [9.17, 15) is 4.79 Å². The molecule has 80 valence electrons. The van der Waals surface area contributed by atoms with E-state index in [2.05, 4.69) is 16.9 Å². The lowest BCUT2D eigenvalue weighted by atomic mass is 10.2. The van der Waals surface area contributed by atoms with Crippen LogP contribution in [0.3, 0.4) is 0 Å². The predicted octanol–water partition coefficient (Wildman–Crippen LogP) is 0.750. The number of hydrogen-bond donors (Lipinski definition) is 2. The van der Waals surface area contributed by atoms with Gasteiger partial charge in [0.2, 0.25) is 5.91 Å². The standard InChI is InChI=1S/C10H18N2OS/c1-14-10(4-5-10)7-12-9(13)8-3-2-6-11-8/h8,11H,2-7H2,1H3,(H,12,13). The zero-order valence-electron chi connectivity index (χ0n) is 8.64. The summed E-state index contributed by atoms with van der Waals surface area (Å²) in [5.74, 6) is 0.197. The van der Waals surface area contributed by atoms with E-state index in [1.165, 1.54) is 12.8 Å². The highest BCUT2D eigenvalue weighted by atomic mass is 32.2. The quantitative estimate of drug-likeness (QED) is 0.725. The minimum Gasteiger partial charge on any atom is -0.353 e. The lowest BCUT2D eigenvalue weighted by Crippen LogP contribution is -2.43. The van der Waals surface area contributed by atoms with Crippen LogP contribution in [-0.4, -0.2) is 36.0 Å². The van der Waals surface area contributed by atoms with Crippen LogP contribution in [0.1, 0.15) is 25.7 Å². The highest BCUT2D eigenvalue weighted by molar-refractivity contribution is 8.00. The maximum Gasteiger partial charge on any atom is 0.237 e. The van der Waals surface area contributed by atoms with Crippen LogP contribution in [0, 0.1) is 0 Å². The molecule has 14 heavy (non-hydrogen) atoms. The Kier molecular flexibility index (Phi) is 3.02. The lowest BCUT2D eigenvalue weighted by molar-refractivity contribution is -0.122. The minimum atomic E-state index is 0.0765. The summed E-state index contributed by atoms with van der Waals surface area (Å²) in [5.41, 5.74) is 0. The molecule has 0 bridgehead atoms. The van der Waals surface area contributed by atoms with E-state index in [-0.39, 0.29) is 11.9 Å². The molecule has 2 fully saturated rings. The Morgan fingerprint density at radius 3 is 2.93 bits per heavy atom. The first-order valence-corrected chi connectivity index (χ1v) is 6.54. The van der Waals surface area contributed by atoms with Gasteiger partial charge in [-0.05, 0) is 38.5 Å². The molecule has 4 heteroatoms. The largest absolute Gasteiger partial charge is 0.353 e. The highest BCUT2D eigenvalue weighted by Gasteiger charge is 2.42. The molecule has 1 atom stereocenters. The Morgan fingerprint density at radius 1 is 1.64 bits per heavy atom. The number of thioether (sulfide) groups is 1. The molecule has 1 aliphatic carbocycles. The Morgan fingerprint density at radius 2 is 2.43 bits per heavy atom. The van der Waals surface area contributed by atoms with E-state index in [0.717, 1.165) is 25.9 Å². The molecule has 0 radical (unpaired) electrons. The van der Waals surface area contributed by atoms with Crippen LogP contribution >= 0.6 is 11.8 Å². The molecule has 3 nitrogen and oxygen atoms in total. The van der Waals surface area contributed by atoms with Crippen LogP contribution in [0.2, 0.25) is 0 Å². The number of amides is 1. The first kappa shape index (κ1) is 10.3. The van der Waals surface area contributed by atoms with Crippen LogP contribution < -0.4 is 10.6 Å². The smallest absolute Gasteiger partial charge is 0.237 e. The molecular weight excluding hydrogens is 196 g/mol. The molecular formula is C10H18N2OS. The third kappa shape index (κ3) is 2.23. The SMILES string of the molecule is CSC1(CNC(=O)C2CCCN2)CC1. The summed E-state index contributed by atoms with van der Waals surface area (Å²) in [5, 5.41) is 6.27. The topological polar surface area (TPSA) is 41.1 Å². The Labute approximate surface area is 89.4 Å². The van der Waals surface area contributed by atoms with Gasteiger partial charge < -0.3 is 10.6 Å². The first-order chi connectivity index (χ1) is 6.76. The fraction of sp³-hybridized carbons (Fsp3) is 0.900. The Hall–Kier alpha value is -0.220. The monoisotopic (exact) mass is 214 g/mol. The zero-order valence-corrected chi connectivity index (χ0v) is 9.45. The summed E-state index contributed by atoms with van der Waals surface area (Å²) in [6.07, 6.45) is 6.77. The average molecular weight is 214 g/mol. The Bertz CT molecular complexity index is 222. The van der Waals surface area contributed by atoms with E-state index >= 15 is 0 Å². The van der Waals surface area contributed by atoms with Crippen molar-refractivity contribution >= 4 is 17.7 Å². The summed E-state index contributed by atoms with van der Waals surface area (Å²) in [6, 6.07) is 0.0765. The molecule has 1 saturated carbocycles. The summed E-state index contributed by atoms with van der Waals surface area (Å²) < 4.78 is 0.383. The van der Waals surface area contributed by atoms with Gasteiger partial charge in [-0.2, -0.15) is 11.8 Å². The fourth-order valence-electron chi connectivity index (χ4n) is 1.87. The third-order valence-electron chi connectivity index (χ3n) is 3.20. The number of nitrogens with one attached hydrogen (secondary N) is 2. The van der Waals surface area contributed by atoms with Crippen molar-refractivity contribution in [3.63, 3.8) is 0 Å². The highest BCUT2D eigenvalue weighted by Crippen LogP contribution is 2.46. The van der Waals surface area contributed by atoms with Crippen LogP contribution in [0.25, 0.3) is 0 Å². The average Bonchev–Trinajstić information content (AvgIpc) is 2.78. The molecule has 0 spiro atoms. The van der Waals surface area contributed by atoms with Crippen molar-refractivity contribution in [3.05, 3.63) is 0 Å². The third-order valence-corrected chi connectivity index (χ3v) is 4.62. The molecule has 1 saturated heterocycles. The predicted molar refractivity (Wildman–Crippen MR) is 59.5 cm³/mol. The molecule has 1 heterocycles. The number of hydrogen-bond acceptors (Lipinski definition) is 3. The maximum absolute atomic E-state index is 11.7. The van der Waals surface area contributed by atoms with Crippen LogP contribution in [0.4, 0.5) is 0 Å². The van der Waals surface area contributed by atoms with E-state index < -0.39 is 0 Å². The van der Waals surface area contributed by atoms with Crippen molar-refractivity contribution in [2.75, 3.05) is 19.3 Å². The molecule has 2 aliphatic rings. The molecule has 1 amide bonds. The van der Waals surface area contributed by atoms with Crippen LogP contribution in [0.5, 0.6) is 0 Å². The summed E-state index contributed by atoms with van der Waals surface area (Å²) in [6.45, 7) is 1.84. The Balaban J connectivity index is 1.72. The van der Waals surface area contributed by atoms with Crippen molar-refractivity contribution < 1.29 is 4.79 Å². The van der Waals surface area contributed by atoms with Gasteiger partial charge in [-0.25, -0.2) is 0 Å². The van der Waals surface area contributed by atoms with Gasteiger partial charge in [-0.15, -0.1) is 0 Å². The second-order valence-electron chi connectivity index (χ2n) is 4.25. The maximum atomic E-state index is 11.7. The van der Waals surface area contributed by atoms with Gasteiger partial charge in [0.05, 0.1) is 6.04 Å². The number of carbonyl (C=O) groups is 1. The molecule has 0 aromatic heterocycles. The molecule has 2 rings (SSSR count). The fourth-order valence-corrected chi connectivity index (χ4v) is 2.60. The van der Waals surface area contributed by atoms with Crippen LogP contribution in [-0.2, 0) is 4.79 Å². The van der Waals surface area contributed by atoms with E-state index in [0.29, 0.717) is 4.75 Å². The molecule has 0 aromatic rings. The summed E-state index contributed by atoms with van der Waals surface area (Å²) in [7, 11) is 0. The van der Waals surface area contributed by atoms with Gasteiger partial charge in [0.1, 0.15) is 0 Å². The first-order valence-electron chi connectivity index (χ1n) is 5.32. The van der Waals surface area contributed by atoms with Gasteiger partial charge in [0.25, 0.3) is 0 Å². The minimum absolute atomic E-state index is 0.0765. The molecule has 1 unspecified atom stereocenters. The van der Waals surface area contributed by atoms with Gasteiger partial charge in [0, 0.05) is 11.3 Å². The van der Waals surface area contributed by atoms with E-state index in [1.54, 1.807) is 0 Å². The van der Waals surface area contributed by atoms with Gasteiger partial charge in [-0.1, -0.05) is 0 Å². The van der Waals surface area contributed by atoms with Crippen molar-refractivity contribution in [1.82, 2.24) is 10.6 Å². The molecule has 1 aliphatic heterocycles. The van der Waals surface area contributed by atoms with Gasteiger partial charge >= 0.3 is 0 Å². The molecule has 0 aromatic carbocycles. The zero-order chi connectivity index (χ0) is 10.0. The van der Waals surface area contributed by atoms with Crippen molar-refractivity contribution in [2.24, 2.45) is 0 Å². The lowest BCUT2D eigenvalue weighted by Gasteiger charge is -2.15. The van der Waals surface area contributed by atoms with Gasteiger partial charge in [0.15, 0.2) is 0 Å². The number of carbonyl (C=O) groups excluding carboxylic acids is 1. The second kappa shape index (κ2) is 4.11. The van der Waals surface area contributed by atoms with Crippen LogP contribution in [0.15, 0.2) is 0 Å². The van der Waals surface area contributed by atoms with Crippen molar-refractivity contribution in [3.8, 4) is 0 Å². The van der Waals surface area contributed by atoms with Crippen molar-refractivity contribution in [1.29, 1.82) is 0 Å². The van der Waals surface area contributed by atoms with Gasteiger partial charge in [-0.3, -0.25) is 4.79 Å². The van der Waals surface area contributed by atoms with Crippen molar-refractivity contribution in [2.45, 2.75) is 36.5 Å². The van der Waals surface area contributed by atoms with E-state index in [4.69, 9.17) is 0 Å². The normalized spacial score (nSPS) is 28.8. The second-order valence-corrected chi connectivity index (χ2v) is 5.53. The number of rotatable bonds is 4. The molecule has 2 N–H and O–H groups in total. The summed E-state index contributed by atoms with van der Waals surface area (Å²) in [4.78, 5) is 11.7. The van der Waals surface area contributed by atoms with E-state index in [1.807, 2.05) is 11.8 Å². The summed E-state index contributed by atoms with van der Waals surface area (Å²) >= 11 is 1.89.